The minimum atomic E-state index is -0.243. The van der Waals surface area contributed by atoms with Crippen LogP contribution in [0.3, 0.4) is 0 Å². The van der Waals surface area contributed by atoms with Crippen LogP contribution in [0.15, 0.2) is 34.9 Å². The normalized spacial score (nSPS) is 16.8. The predicted molar refractivity (Wildman–Crippen MR) is 90.2 cm³/mol. The quantitative estimate of drug-likeness (QED) is 0.898. The van der Waals surface area contributed by atoms with E-state index in [0.29, 0.717) is 36.2 Å². The van der Waals surface area contributed by atoms with Crippen LogP contribution in [-0.4, -0.2) is 48.8 Å². The van der Waals surface area contributed by atoms with Gasteiger partial charge >= 0.3 is 0 Å². The van der Waals surface area contributed by atoms with Gasteiger partial charge in [-0.05, 0) is 24.6 Å². The molecule has 1 aromatic heterocycles. The van der Waals surface area contributed by atoms with Gasteiger partial charge in [-0.15, -0.1) is 0 Å². The maximum atomic E-state index is 12.2. The number of nitrogens with zero attached hydrogens (tertiary/aromatic N) is 2. The molecule has 1 atom stereocenters. The van der Waals surface area contributed by atoms with Gasteiger partial charge in [0.1, 0.15) is 5.76 Å². The first-order chi connectivity index (χ1) is 11.6. The number of nitrogens with one attached hydrogen (secondary N) is 1. The van der Waals surface area contributed by atoms with Crippen molar-refractivity contribution in [2.75, 3.05) is 32.8 Å². The molecule has 1 aliphatic rings. The van der Waals surface area contributed by atoms with Gasteiger partial charge in [0, 0.05) is 30.7 Å². The Balaban J connectivity index is 1.73. The van der Waals surface area contributed by atoms with Crippen LogP contribution in [0, 0.1) is 6.92 Å². The number of rotatable bonds is 5. The van der Waals surface area contributed by atoms with Crippen molar-refractivity contribution in [3.63, 3.8) is 0 Å². The largest absolute Gasteiger partial charge is 0.379 e. The third-order valence-electron chi connectivity index (χ3n) is 4.04. The molecular weight excluding hydrogens is 330 g/mol. The molecule has 0 spiro atoms. The van der Waals surface area contributed by atoms with Crippen molar-refractivity contribution in [2.24, 2.45) is 0 Å². The zero-order chi connectivity index (χ0) is 16.9. The van der Waals surface area contributed by atoms with E-state index in [4.69, 9.17) is 20.9 Å². The first-order valence-electron chi connectivity index (χ1n) is 7.92. The number of aryl methyl sites for hydroxylation is 1. The van der Waals surface area contributed by atoms with Gasteiger partial charge in [0.2, 0.25) is 0 Å². The topological polar surface area (TPSA) is 67.6 Å². The average Bonchev–Trinajstić information content (AvgIpc) is 3.02. The van der Waals surface area contributed by atoms with Crippen molar-refractivity contribution in [2.45, 2.75) is 13.0 Å². The van der Waals surface area contributed by atoms with E-state index in [9.17, 15) is 4.79 Å². The summed E-state index contributed by atoms with van der Waals surface area (Å²) < 4.78 is 10.4. The second-order valence-corrected chi connectivity index (χ2v) is 6.19. The summed E-state index contributed by atoms with van der Waals surface area (Å²) in [6.07, 6.45) is 0. The lowest BCUT2D eigenvalue weighted by molar-refractivity contribution is 0.0162. The number of carbonyl (C=O) groups is 1. The molecule has 2 heterocycles. The van der Waals surface area contributed by atoms with E-state index in [1.54, 1.807) is 13.0 Å². The molecule has 0 unspecified atom stereocenters. The van der Waals surface area contributed by atoms with E-state index in [0.717, 1.165) is 18.7 Å². The van der Waals surface area contributed by atoms with Crippen LogP contribution in [0.5, 0.6) is 0 Å². The van der Waals surface area contributed by atoms with Crippen molar-refractivity contribution in [3.8, 4) is 0 Å². The van der Waals surface area contributed by atoms with Crippen molar-refractivity contribution in [3.05, 3.63) is 52.4 Å². The molecule has 1 amide bonds. The van der Waals surface area contributed by atoms with Crippen LogP contribution in [0.1, 0.15) is 27.9 Å². The monoisotopic (exact) mass is 349 g/mol. The molecule has 7 heteroatoms. The Morgan fingerprint density at radius 2 is 2.17 bits per heavy atom. The molecule has 128 valence electrons. The molecule has 0 aliphatic carbocycles. The number of morpholine rings is 1. The second kappa shape index (κ2) is 7.79. The fourth-order valence-electron chi connectivity index (χ4n) is 2.81. The highest BCUT2D eigenvalue weighted by molar-refractivity contribution is 6.30. The van der Waals surface area contributed by atoms with Crippen molar-refractivity contribution < 1.29 is 14.1 Å². The van der Waals surface area contributed by atoms with Gasteiger partial charge in [0.15, 0.2) is 5.69 Å². The summed E-state index contributed by atoms with van der Waals surface area (Å²) in [6, 6.07) is 9.39. The Bertz CT molecular complexity index is 698. The minimum Gasteiger partial charge on any atom is -0.379 e. The summed E-state index contributed by atoms with van der Waals surface area (Å²) in [5.41, 5.74) is 1.36. The number of aromatic nitrogens is 1. The number of hydrogen-bond donors (Lipinski definition) is 1. The third kappa shape index (κ3) is 4.14. The fourth-order valence-corrected chi connectivity index (χ4v) is 3.01. The minimum absolute atomic E-state index is 0.0320. The molecule has 0 bridgehead atoms. The van der Waals surface area contributed by atoms with E-state index < -0.39 is 0 Å². The zero-order valence-corrected chi connectivity index (χ0v) is 14.3. The number of hydrogen-bond acceptors (Lipinski definition) is 5. The van der Waals surface area contributed by atoms with Crippen LogP contribution >= 0.6 is 11.6 Å². The lowest BCUT2D eigenvalue weighted by Gasteiger charge is -2.35. The molecule has 24 heavy (non-hydrogen) atoms. The summed E-state index contributed by atoms with van der Waals surface area (Å²) in [4.78, 5) is 14.5. The summed E-state index contributed by atoms with van der Waals surface area (Å²) in [6.45, 7) is 5.23. The highest BCUT2D eigenvalue weighted by atomic mass is 35.5. The fraction of sp³-hybridized carbons (Fsp3) is 0.412. The van der Waals surface area contributed by atoms with Crippen molar-refractivity contribution in [1.82, 2.24) is 15.4 Å². The predicted octanol–water partition coefficient (Wildman–Crippen LogP) is 2.44. The van der Waals surface area contributed by atoms with Gasteiger partial charge in [-0.2, -0.15) is 0 Å². The van der Waals surface area contributed by atoms with E-state index in [1.165, 1.54) is 0 Å². The number of benzene rings is 1. The first kappa shape index (κ1) is 17.0. The van der Waals surface area contributed by atoms with Gasteiger partial charge in [-0.25, -0.2) is 0 Å². The van der Waals surface area contributed by atoms with Crippen LogP contribution < -0.4 is 5.32 Å². The van der Waals surface area contributed by atoms with Crippen molar-refractivity contribution in [1.29, 1.82) is 0 Å². The molecule has 1 N–H and O–H groups in total. The van der Waals surface area contributed by atoms with E-state index >= 15 is 0 Å². The molecule has 1 saturated heterocycles. The molecule has 0 radical (unpaired) electrons. The average molecular weight is 350 g/mol. The number of amides is 1. The Morgan fingerprint density at radius 3 is 2.83 bits per heavy atom. The Labute approximate surface area is 145 Å². The van der Waals surface area contributed by atoms with Gasteiger partial charge < -0.3 is 14.6 Å². The Kier molecular flexibility index (Phi) is 5.50. The summed E-state index contributed by atoms with van der Waals surface area (Å²) in [5, 5.41) is 7.38. The summed E-state index contributed by atoms with van der Waals surface area (Å²) >= 11 is 6.14. The van der Waals surface area contributed by atoms with E-state index in [-0.39, 0.29) is 11.9 Å². The lowest BCUT2D eigenvalue weighted by Crippen LogP contribution is -2.43. The Hall–Kier alpha value is -1.89. The zero-order valence-electron chi connectivity index (χ0n) is 13.5. The van der Waals surface area contributed by atoms with Gasteiger partial charge in [-0.3, -0.25) is 9.69 Å². The summed E-state index contributed by atoms with van der Waals surface area (Å²) in [5.74, 6) is 0.367. The molecule has 1 fully saturated rings. The highest BCUT2D eigenvalue weighted by Gasteiger charge is 2.24. The van der Waals surface area contributed by atoms with Gasteiger partial charge in [0.25, 0.3) is 5.91 Å². The SMILES string of the molecule is Cc1cc(C(=O)NC[C@@H](c2cccc(Cl)c2)N2CCOCC2)no1. The molecule has 6 nitrogen and oxygen atoms in total. The summed E-state index contributed by atoms with van der Waals surface area (Å²) in [7, 11) is 0. The number of carbonyl (C=O) groups excluding carboxylic acids is 1. The van der Waals surface area contributed by atoms with Crippen LogP contribution in [-0.2, 0) is 4.74 Å². The first-order valence-corrected chi connectivity index (χ1v) is 8.30. The van der Waals surface area contributed by atoms with Gasteiger partial charge in [0.05, 0.1) is 19.3 Å². The van der Waals surface area contributed by atoms with Crippen LogP contribution in [0.4, 0.5) is 0 Å². The molecule has 0 saturated carbocycles. The maximum Gasteiger partial charge on any atom is 0.273 e. The van der Waals surface area contributed by atoms with Crippen molar-refractivity contribution >= 4 is 17.5 Å². The van der Waals surface area contributed by atoms with Crippen LogP contribution in [0.2, 0.25) is 5.02 Å². The standard InChI is InChI=1S/C17H20ClN3O3/c1-12-9-15(20-24-12)17(22)19-11-16(21-5-7-23-8-6-21)13-3-2-4-14(18)10-13/h2-4,9-10,16H,5-8,11H2,1H3,(H,19,22)/t16-/m0/s1. The molecule has 2 aromatic rings. The molecule has 1 aliphatic heterocycles. The van der Waals surface area contributed by atoms with E-state index in [1.807, 2.05) is 24.3 Å². The molecule has 3 rings (SSSR count). The maximum absolute atomic E-state index is 12.2. The third-order valence-corrected chi connectivity index (χ3v) is 4.27. The van der Waals surface area contributed by atoms with E-state index in [2.05, 4.69) is 15.4 Å². The second-order valence-electron chi connectivity index (χ2n) is 5.75. The lowest BCUT2D eigenvalue weighted by atomic mass is 10.0. The van der Waals surface area contributed by atoms with Crippen LogP contribution in [0.25, 0.3) is 0 Å². The highest BCUT2D eigenvalue weighted by Crippen LogP contribution is 2.24. The molecular formula is C17H20ClN3O3. The molecule has 1 aromatic carbocycles. The number of ether oxygens (including phenoxy) is 1. The van der Waals surface area contributed by atoms with Gasteiger partial charge in [-0.1, -0.05) is 28.9 Å². The Morgan fingerprint density at radius 1 is 1.38 bits per heavy atom. The number of halogens is 1. The smallest absolute Gasteiger partial charge is 0.273 e.